The van der Waals surface area contributed by atoms with Crippen LogP contribution in [0, 0.1) is 13.8 Å². The van der Waals surface area contributed by atoms with Crippen LogP contribution in [0.2, 0.25) is 0 Å². The molecular formula is C26H31N5OS. The van der Waals surface area contributed by atoms with Gasteiger partial charge in [0.2, 0.25) is 5.91 Å². The number of rotatable bonds is 7. The van der Waals surface area contributed by atoms with Crippen LogP contribution < -0.4 is 15.1 Å². The van der Waals surface area contributed by atoms with Crippen LogP contribution in [-0.2, 0) is 11.2 Å². The van der Waals surface area contributed by atoms with E-state index < -0.39 is 0 Å². The normalized spacial score (nSPS) is 13.8. The maximum atomic E-state index is 12.6. The van der Waals surface area contributed by atoms with Gasteiger partial charge < -0.3 is 15.1 Å². The number of aromatic nitrogens is 2. The van der Waals surface area contributed by atoms with Crippen molar-refractivity contribution in [2.24, 2.45) is 0 Å². The molecule has 1 N–H and O–H groups in total. The van der Waals surface area contributed by atoms with Gasteiger partial charge in [0.05, 0.1) is 5.75 Å². The molecule has 0 spiro atoms. The number of hydrogen-bond acceptors (Lipinski definition) is 6. The quantitative estimate of drug-likeness (QED) is 0.514. The zero-order valence-electron chi connectivity index (χ0n) is 19.5. The molecule has 1 aromatic heterocycles. The molecule has 4 rings (SSSR count). The highest BCUT2D eigenvalue weighted by molar-refractivity contribution is 8.00. The molecule has 1 aliphatic heterocycles. The monoisotopic (exact) mass is 461 g/mol. The van der Waals surface area contributed by atoms with E-state index in [-0.39, 0.29) is 5.91 Å². The number of benzene rings is 2. The summed E-state index contributed by atoms with van der Waals surface area (Å²) in [6, 6.07) is 14.4. The van der Waals surface area contributed by atoms with Crippen LogP contribution in [0.3, 0.4) is 0 Å². The SMILES string of the molecule is CCc1ccccc1NC(=O)CSc1nccnc1N1CCN(c2cccc(C)c2C)CC1. The molecule has 172 valence electrons. The highest BCUT2D eigenvalue weighted by atomic mass is 32.2. The van der Waals surface area contributed by atoms with Gasteiger partial charge in [0, 0.05) is 49.9 Å². The number of para-hydroxylation sites is 1. The summed E-state index contributed by atoms with van der Waals surface area (Å²) in [5, 5.41) is 3.84. The van der Waals surface area contributed by atoms with Gasteiger partial charge in [0.1, 0.15) is 5.03 Å². The molecule has 0 atom stereocenters. The molecule has 0 saturated carbocycles. The van der Waals surface area contributed by atoms with Crippen LogP contribution in [0.5, 0.6) is 0 Å². The molecule has 2 heterocycles. The van der Waals surface area contributed by atoms with E-state index in [0.717, 1.165) is 54.7 Å². The first-order chi connectivity index (χ1) is 16.1. The van der Waals surface area contributed by atoms with Crippen LogP contribution in [-0.4, -0.2) is 47.8 Å². The predicted molar refractivity (Wildman–Crippen MR) is 138 cm³/mol. The summed E-state index contributed by atoms with van der Waals surface area (Å²) < 4.78 is 0. The number of nitrogens with zero attached hydrogens (tertiary/aromatic N) is 4. The summed E-state index contributed by atoms with van der Waals surface area (Å²) >= 11 is 1.44. The van der Waals surface area contributed by atoms with Crippen molar-refractivity contribution in [3.05, 3.63) is 71.5 Å². The van der Waals surface area contributed by atoms with Gasteiger partial charge in [-0.1, -0.05) is 49.0 Å². The minimum absolute atomic E-state index is 0.0303. The van der Waals surface area contributed by atoms with Gasteiger partial charge >= 0.3 is 0 Å². The Bertz CT molecular complexity index is 1110. The lowest BCUT2D eigenvalue weighted by molar-refractivity contribution is -0.113. The lowest BCUT2D eigenvalue weighted by Gasteiger charge is -2.37. The molecule has 1 fully saturated rings. The molecule has 0 bridgehead atoms. The topological polar surface area (TPSA) is 61.4 Å². The number of hydrogen-bond donors (Lipinski definition) is 1. The zero-order chi connectivity index (χ0) is 23.2. The van der Waals surface area contributed by atoms with Crippen molar-refractivity contribution in [3.63, 3.8) is 0 Å². The van der Waals surface area contributed by atoms with Crippen molar-refractivity contribution in [1.82, 2.24) is 9.97 Å². The van der Waals surface area contributed by atoms with Crippen molar-refractivity contribution in [3.8, 4) is 0 Å². The lowest BCUT2D eigenvalue weighted by atomic mass is 10.1. The first kappa shape index (κ1) is 23.1. The Morgan fingerprint density at radius 2 is 1.70 bits per heavy atom. The maximum Gasteiger partial charge on any atom is 0.234 e. The second-order valence-corrected chi connectivity index (χ2v) is 9.19. The maximum absolute atomic E-state index is 12.6. The molecule has 3 aromatic rings. The Hall–Kier alpha value is -3.06. The Kier molecular flexibility index (Phi) is 7.50. The zero-order valence-corrected chi connectivity index (χ0v) is 20.4. The molecular weight excluding hydrogens is 430 g/mol. The number of carbonyl (C=O) groups is 1. The fourth-order valence-electron chi connectivity index (χ4n) is 4.14. The van der Waals surface area contributed by atoms with Crippen molar-refractivity contribution in [2.45, 2.75) is 32.2 Å². The fraction of sp³-hybridized carbons (Fsp3) is 0.346. The number of nitrogens with one attached hydrogen (secondary N) is 1. The van der Waals surface area contributed by atoms with Crippen LogP contribution in [0.1, 0.15) is 23.6 Å². The summed E-state index contributed by atoms with van der Waals surface area (Å²) in [5.41, 5.74) is 6.00. The van der Waals surface area contributed by atoms with E-state index >= 15 is 0 Å². The molecule has 0 unspecified atom stereocenters. The Labute approximate surface area is 200 Å². The lowest BCUT2D eigenvalue weighted by Crippen LogP contribution is -2.47. The number of thioether (sulfide) groups is 1. The minimum atomic E-state index is -0.0303. The van der Waals surface area contributed by atoms with Crippen molar-refractivity contribution in [1.29, 1.82) is 0 Å². The second kappa shape index (κ2) is 10.7. The van der Waals surface area contributed by atoms with E-state index in [1.54, 1.807) is 12.4 Å². The Morgan fingerprint density at radius 1 is 0.970 bits per heavy atom. The minimum Gasteiger partial charge on any atom is -0.368 e. The van der Waals surface area contributed by atoms with Gasteiger partial charge in [-0.2, -0.15) is 0 Å². The van der Waals surface area contributed by atoms with Gasteiger partial charge in [0.25, 0.3) is 0 Å². The Balaban J connectivity index is 1.38. The molecule has 2 aromatic carbocycles. The average Bonchev–Trinajstić information content (AvgIpc) is 2.85. The molecule has 6 nitrogen and oxygen atoms in total. The van der Waals surface area contributed by atoms with Gasteiger partial charge in [-0.3, -0.25) is 4.79 Å². The number of anilines is 3. The molecule has 1 amide bonds. The van der Waals surface area contributed by atoms with Crippen LogP contribution in [0.15, 0.2) is 59.9 Å². The standard InChI is InChI=1S/C26H31N5OS/c1-4-21-9-5-6-10-22(21)29-24(32)18-33-26-25(27-12-13-28-26)31-16-14-30(15-17-31)23-11-7-8-19(2)20(23)3/h5-13H,4,14-18H2,1-3H3,(H,29,32). The van der Waals surface area contributed by atoms with Crippen LogP contribution >= 0.6 is 11.8 Å². The van der Waals surface area contributed by atoms with Gasteiger partial charge in [-0.15, -0.1) is 0 Å². The predicted octanol–water partition coefficient (Wildman–Crippen LogP) is 4.71. The average molecular weight is 462 g/mol. The van der Waals surface area contributed by atoms with Crippen molar-refractivity contribution in [2.75, 3.05) is 47.0 Å². The third kappa shape index (κ3) is 5.47. The van der Waals surface area contributed by atoms with E-state index in [1.807, 2.05) is 24.3 Å². The number of amides is 1. The summed E-state index contributed by atoms with van der Waals surface area (Å²) in [6.07, 6.45) is 4.31. The first-order valence-electron chi connectivity index (χ1n) is 11.4. The Morgan fingerprint density at radius 3 is 2.48 bits per heavy atom. The molecule has 1 aliphatic rings. The van der Waals surface area contributed by atoms with Crippen molar-refractivity contribution >= 4 is 34.9 Å². The highest BCUT2D eigenvalue weighted by Crippen LogP contribution is 2.29. The van der Waals surface area contributed by atoms with Crippen LogP contribution in [0.25, 0.3) is 0 Å². The number of aryl methyl sites for hydroxylation is 2. The molecule has 0 aliphatic carbocycles. The van der Waals surface area contributed by atoms with Crippen molar-refractivity contribution < 1.29 is 4.79 Å². The third-order valence-electron chi connectivity index (χ3n) is 6.15. The van der Waals surface area contributed by atoms with E-state index in [9.17, 15) is 4.79 Å². The van der Waals surface area contributed by atoms with Crippen LogP contribution in [0.4, 0.5) is 17.2 Å². The molecule has 1 saturated heterocycles. The van der Waals surface area contributed by atoms with E-state index in [4.69, 9.17) is 0 Å². The summed E-state index contributed by atoms with van der Waals surface area (Å²) in [6.45, 7) is 10.0. The highest BCUT2D eigenvalue weighted by Gasteiger charge is 2.22. The van der Waals surface area contributed by atoms with Gasteiger partial charge in [-0.05, 0) is 49.1 Å². The molecule has 0 radical (unpaired) electrons. The number of carbonyl (C=O) groups excluding carboxylic acids is 1. The second-order valence-electron chi connectivity index (χ2n) is 8.23. The number of piperazine rings is 1. The van der Waals surface area contributed by atoms with E-state index in [2.05, 4.69) is 64.1 Å². The van der Waals surface area contributed by atoms with Gasteiger partial charge in [-0.25, -0.2) is 9.97 Å². The van der Waals surface area contributed by atoms with E-state index in [0.29, 0.717) is 5.75 Å². The fourth-order valence-corrected chi connectivity index (χ4v) is 4.93. The van der Waals surface area contributed by atoms with Gasteiger partial charge in [0.15, 0.2) is 5.82 Å². The summed E-state index contributed by atoms with van der Waals surface area (Å²) in [7, 11) is 0. The largest absolute Gasteiger partial charge is 0.368 e. The first-order valence-corrected chi connectivity index (χ1v) is 12.4. The summed E-state index contributed by atoms with van der Waals surface area (Å²) in [4.78, 5) is 26.5. The summed E-state index contributed by atoms with van der Waals surface area (Å²) in [5.74, 6) is 1.13. The molecule has 33 heavy (non-hydrogen) atoms. The smallest absolute Gasteiger partial charge is 0.234 e. The third-order valence-corrected chi connectivity index (χ3v) is 7.12. The van der Waals surface area contributed by atoms with E-state index in [1.165, 1.54) is 28.6 Å². The molecule has 7 heteroatoms.